The number of thioether (sulfide) groups is 1. The molecule has 1 aliphatic rings. The van der Waals surface area contributed by atoms with Crippen molar-refractivity contribution in [2.24, 2.45) is 4.99 Å². The molecule has 0 saturated carbocycles. The molecular formula is C17H15NS. The Morgan fingerprint density at radius 1 is 0.947 bits per heavy atom. The second kappa shape index (κ2) is 5.06. The normalized spacial score (nSPS) is 16.1. The maximum Gasteiger partial charge on any atom is 0.0755 e. The van der Waals surface area contributed by atoms with E-state index in [1.165, 1.54) is 21.6 Å². The van der Waals surface area contributed by atoms with Gasteiger partial charge in [0.25, 0.3) is 0 Å². The highest BCUT2D eigenvalue weighted by Crippen LogP contribution is 2.36. The molecule has 0 saturated heterocycles. The SMILES string of the molecule is CC1=N/C(=C/c2ccc(C)cc2)c2ccccc2S1. The summed E-state index contributed by atoms with van der Waals surface area (Å²) in [6.07, 6.45) is 2.15. The van der Waals surface area contributed by atoms with E-state index in [-0.39, 0.29) is 0 Å². The van der Waals surface area contributed by atoms with Gasteiger partial charge in [0.15, 0.2) is 0 Å². The minimum Gasteiger partial charge on any atom is -0.246 e. The van der Waals surface area contributed by atoms with Crippen molar-refractivity contribution in [1.82, 2.24) is 0 Å². The Kier molecular flexibility index (Phi) is 3.26. The van der Waals surface area contributed by atoms with Crippen LogP contribution in [0, 0.1) is 6.92 Å². The van der Waals surface area contributed by atoms with E-state index < -0.39 is 0 Å². The fourth-order valence-electron chi connectivity index (χ4n) is 2.11. The molecule has 0 aliphatic carbocycles. The van der Waals surface area contributed by atoms with Gasteiger partial charge in [-0.25, -0.2) is 4.99 Å². The molecule has 0 N–H and O–H groups in total. The van der Waals surface area contributed by atoms with Crippen LogP contribution in [0.25, 0.3) is 11.8 Å². The van der Waals surface area contributed by atoms with Crippen molar-refractivity contribution in [3.8, 4) is 0 Å². The lowest BCUT2D eigenvalue weighted by Crippen LogP contribution is -1.97. The second-order valence-corrected chi connectivity index (χ2v) is 5.90. The van der Waals surface area contributed by atoms with Crippen LogP contribution in [0.5, 0.6) is 0 Å². The smallest absolute Gasteiger partial charge is 0.0755 e. The van der Waals surface area contributed by atoms with E-state index in [9.17, 15) is 0 Å². The number of aryl methyl sites for hydroxylation is 1. The van der Waals surface area contributed by atoms with Gasteiger partial charge >= 0.3 is 0 Å². The zero-order valence-electron chi connectivity index (χ0n) is 11.1. The lowest BCUT2D eigenvalue weighted by atomic mass is 10.1. The number of nitrogens with zero attached hydrogens (tertiary/aromatic N) is 1. The molecule has 19 heavy (non-hydrogen) atoms. The Labute approximate surface area is 118 Å². The number of hydrogen-bond acceptors (Lipinski definition) is 2. The first-order chi connectivity index (χ1) is 9.22. The van der Waals surface area contributed by atoms with E-state index in [2.05, 4.69) is 73.4 Å². The summed E-state index contributed by atoms with van der Waals surface area (Å²) in [6, 6.07) is 17.0. The number of fused-ring (bicyclic) bond motifs is 1. The monoisotopic (exact) mass is 265 g/mol. The molecule has 2 aromatic rings. The van der Waals surface area contributed by atoms with Crippen LogP contribution in [-0.4, -0.2) is 5.04 Å². The molecule has 3 rings (SSSR count). The van der Waals surface area contributed by atoms with Crippen LogP contribution in [-0.2, 0) is 0 Å². The van der Waals surface area contributed by atoms with Crippen molar-refractivity contribution in [3.63, 3.8) is 0 Å². The Morgan fingerprint density at radius 2 is 1.68 bits per heavy atom. The Hall–Kier alpha value is -1.80. The van der Waals surface area contributed by atoms with E-state index in [1.54, 1.807) is 11.8 Å². The topological polar surface area (TPSA) is 12.4 Å². The van der Waals surface area contributed by atoms with Gasteiger partial charge in [0, 0.05) is 10.5 Å². The van der Waals surface area contributed by atoms with Crippen molar-refractivity contribution < 1.29 is 0 Å². The van der Waals surface area contributed by atoms with Gasteiger partial charge in [0.05, 0.1) is 10.7 Å². The molecule has 0 aromatic heterocycles. The minimum absolute atomic E-state index is 1.05. The maximum absolute atomic E-state index is 4.68. The summed E-state index contributed by atoms with van der Waals surface area (Å²) in [5.41, 5.74) is 4.75. The Bertz CT molecular complexity index is 666. The van der Waals surface area contributed by atoms with Crippen molar-refractivity contribution in [3.05, 3.63) is 65.2 Å². The predicted molar refractivity (Wildman–Crippen MR) is 84.5 cm³/mol. The molecule has 2 aromatic carbocycles. The molecule has 1 heterocycles. The third-order valence-corrected chi connectivity index (χ3v) is 4.04. The summed E-state index contributed by atoms with van der Waals surface area (Å²) < 4.78 is 0. The summed E-state index contributed by atoms with van der Waals surface area (Å²) in [7, 11) is 0. The molecule has 1 nitrogen and oxygen atoms in total. The molecule has 1 aliphatic heterocycles. The first-order valence-corrected chi connectivity index (χ1v) is 7.15. The number of aliphatic imine (C=N–C) groups is 1. The maximum atomic E-state index is 4.68. The van der Waals surface area contributed by atoms with E-state index in [1.807, 2.05) is 0 Å². The molecule has 0 bridgehead atoms. The van der Waals surface area contributed by atoms with E-state index in [4.69, 9.17) is 0 Å². The predicted octanol–water partition coefficient (Wildman–Crippen LogP) is 5.02. The highest BCUT2D eigenvalue weighted by atomic mass is 32.2. The zero-order valence-corrected chi connectivity index (χ0v) is 11.9. The van der Waals surface area contributed by atoms with Crippen LogP contribution in [0.3, 0.4) is 0 Å². The summed E-state index contributed by atoms with van der Waals surface area (Å²) >= 11 is 1.74. The number of benzene rings is 2. The van der Waals surface area contributed by atoms with E-state index >= 15 is 0 Å². The van der Waals surface area contributed by atoms with Crippen molar-refractivity contribution >= 4 is 28.6 Å². The second-order valence-electron chi connectivity index (χ2n) is 4.67. The largest absolute Gasteiger partial charge is 0.246 e. The zero-order chi connectivity index (χ0) is 13.2. The van der Waals surface area contributed by atoms with Crippen molar-refractivity contribution in [2.75, 3.05) is 0 Å². The van der Waals surface area contributed by atoms with Gasteiger partial charge in [0.2, 0.25) is 0 Å². The van der Waals surface area contributed by atoms with E-state index in [0.717, 1.165) is 10.7 Å². The fourth-order valence-corrected chi connectivity index (χ4v) is 3.00. The third kappa shape index (κ3) is 2.64. The van der Waals surface area contributed by atoms with Gasteiger partial charge in [0.1, 0.15) is 0 Å². The standard InChI is InChI=1S/C17H15NS/c1-12-7-9-14(10-8-12)11-16-15-5-3-4-6-17(15)19-13(2)18-16/h3-11H,1-2H3/b16-11+. The summed E-state index contributed by atoms with van der Waals surface area (Å²) in [5.74, 6) is 0. The Morgan fingerprint density at radius 3 is 2.47 bits per heavy atom. The van der Waals surface area contributed by atoms with Crippen molar-refractivity contribution in [2.45, 2.75) is 18.7 Å². The van der Waals surface area contributed by atoms with Gasteiger partial charge in [-0.3, -0.25) is 0 Å². The summed E-state index contributed by atoms with van der Waals surface area (Å²) in [5, 5.41) is 1.09. The number of rotatable bonds is 1. The summed E-state index contributed by atoms with van der Waals surface area (Å²) in [6.45, 7) is 4.16. The molecular weight excluding hydrogens is 250 g/mol. The summed E-state index contributed by atoms with van der Waals surface area (Å²) in [4.78, 5) is 5.97. The molecule has 0 unspecified atom stereocenters. The average Bonchev–Trinajstić information content (AvgIpc) is 2.41. The molecule has 0 atom stereocenters. The van der Waals surface area contributed by atoms with Gasteiger partial charge < -0.3 is 0 Å². The molecule has 0 radical (unpaired) electrons. The highest BCUT2D eigenvalue weighted by Gasteiger charge is 2.14. The average molecular weight is 265 g/mol. The quantitative estimate of drug-likeness (QED) is 0.705. The van der Waals surface area contributed by atoms with Crippen molar-refractivity contribution in [1.29, 1.82) is 0 Å². The van der Waals surface area contributed by atoms with Crippen LogP contribution in [0.4, 0.5) is 0 Å². The number of hydrogen-bond donors (Lipinski definition) is 0. The van der Waals surface area contributed by atoms with Crippen LogP contribution >= 0.6 is 11.8 Å². The molecule has 94 valence electrons. The Balaban J connectivity index is 2.08. The van der Waals surface area contributed by atoms with Crippen LogP contribution in [0.1, 0.15) is 23.6 Å². The lowest BCUT2D eigenvalue weighted by molar-refractivity contribution is 1.36. The molecule has 0 spiro atoms. The van der Waals surface area contributed by atoms with Gasteiger partial charge in [-0.15, -0.1) is 0 Å². The molecule has 2 heteroatoms. The first-order valence-electron chi connectivity index (χ1n) is 6.33. The van der Waals surface area contributed by atoms with Crippen LogP contribution in [0.2, 0.25) is 0 Å². The minimum atomic E-state index is 1.05. The third-order valence-electron chi connectivity index (χ3n) is 3.08. The highest BCUT2D eigenvalue weighted by molar-refractivity contribution is 8.14. The molecule has 0 amide bonds. The van der Waals surface area contributed by atoms with Gasteiger partial charge in [-0.1, -0.05) is 59.8 Å². The van der Waals surface area contributed by atoms with E-state index in [0.29, 0.717) is 0 Å². The fraction of sp³-hybridized carbons (Fsp3) is 0.118. The van der Waals surface area contributed by atoms with Gasteiger partial charge in [-0.05, 0) is 31.6 Å². The molecule has 0 fully saturated rings. The van der Waals surface area contributed by atoms with Crippen LogP contribution in [0.15, 0.2) is 58.4 Å². The first kappa shape index (κ1) is 12.2. The lowest BCUT2D eigenvalue weighted by Gasteiger charge is -2.15. The van der Waals surface area contributed by atoms with Crippen LogP contribution < -0.4 is 0 Å². The van der Waals surface area contributed by atoms with Gasteiger partial charge in [-0.2, -0.15) is 0 Å².